The Morgan fingerprint density at radius 2 is 1.85 bits per heavy atom. The van der Waals surface area contributed by atoms with Crippen molar-refractivity contribution in [1.82, 2.24) is 10.4 Å². The summed E-state index contributed by atoms with van der Waals surface area (Å²) >= 11 is 0. The maximum atomic E-state index is 11.8. The molecule has 0 spiro atoms. The molecule has 130 valence electrons. The molecule has 0 aliphatic carbocycles. The van der Waals surface area contributed by atoms with E-state index in [4.69, 9.17) is 4.74 Å². The Hall–Kier alpha value is -3.47. The Bertz CT molecular complexity index is 873. The Kier molecular flexibility index (Phi) is 5.72. The van der Waals surface area contributed by atoms with Gasteiger partial charge in [-0.1, -0.05) is 35.9 Å². The van der Waals surface area contributed by atoms with Crippen LogP contribution in [0.5, 0.6) is 5.75 Å². The normalized spacial score (nSPS) is 10.7. The van der Waals surface area contributed by atoms with Crippen molar-refractivity contribution in [3.8, 4) is 5.75 Å². The van der Waals surface area contributed by atoms with E-state index in [-0.39, 0.29) is 5.91 Å². The summed E-state index contributed by atoms with van der Waals surface area (Å²) in [6.07, 6.45) is 3.14. The molecule has 26 heavy (non-hydrogen) atoms. The maximum absolute atomic E-state index is 11.8. The SMILES string of the molecule is Cc1ccc(COc2ccc(/C=N\NC(=O)c3ccccn3)cc2)cc1. The summed E-state index contributed by atoms with van der Waals surface area (Å²) in [5.41, 5.74) is 5.98. The van der Waals surface area contributed by atoms with E-state index < -0.39 is 0 Å². The van der Waals surface area contributed by atoms with Crippen LogP contribution in [0.3, 0.4) is 0 Å². The van der Waals surface area contributed by atoms with Crippen molar-refractivity contribution in [3.05, 3.63) is 95.3 Å². The van der Waals surface area contributed by atoms with Gasteiger partial charge in [0.1, 0.15) is 18.1 Å². The van der Waals surface area contributed by atoms with E-state index >= 15 is 0 Å². The van der Waals surface area contributed by atoms with E-state index in [9.17, 15) is 4.79 Å². The van der Waals surface area contributed by atoms with Gasteiger partial charge in [0.25, 0.3) is 5.91 Å². The number of pyridine rings is 1. The number of carbonyl (C=O) groups is 1. The average Bonchev–Trinajstić information content (AvgIpc) is 2.69. The molecule has 0 unspecified atom stereocenters. The van der Waals surface area contributed by atoms with Gasteiger partial charge in [0.05, 0.1) is 6.21 Å². The third-order valence-corrected chi connectivity index (χ3v) is 3.68. The summed E-state index contributed by atoms with van der Waals surface area (Å²) in [4.78, 5) is 15.8. The van der Waals surface area contributed by atoms with Crippen LogP contribution in [0.1, 0.15) is 27.2 Å². The Labute approximate surface area is 152 Å². The quantitative estimate of drug-likeness (QED) is 0.547. The van der Waals surface area contributed by atoms with Crippen molar-refractivity contribution in [2.45, 2.75) is 13.5 Å². The van der Waals surface area contributed by atoms with E-state index in [1.807, 2.05) is 24.3 Å². The van der Waals surface area contributed by atoms with E-state index in [1.54, 1.807) is 30.6 Å². The van der Waals surface area contributed by atoms with E-state index in [0.29, 0.717) is 12.3 Å². The largest absolute Gasteiger partial charge is 0.489 e. The third kappa shape index (κ3) is 5.01. The lowest BCUT2D eigenvalue weighted by Gasteiger charge is -2.06. The maximum Gasteiger partial charge on any atom is 0.289 e. The molecule has 1 heterocycles. The third-order valence-electron chi connectivity index (χ3n) is 3.68. The molecule has 0 bridgehead atoms. The number of nitrogens with zero attached hydrogens (tertiary/aromatic N) is 2. The van der Waals surface area contributed by atoms with E-state index in [2.05, 4.69) is 46.7 Å². The summed E-state index contributed by atoms with van der Waals surface area (Å²) < 4.78 is 5.76. The lowest BCUT2D eigenvalue weighted by molar-refractivity contribution is 0.0950. The highest BCUT2D eigenvalue weighted by atomic mass is 16.5. The number of nitrogens with one attached hydrogen (secondary N) is 1. The fraction of sp³-hybridized carbons (Fsp3) is 0.0952. The minimum Gasteiger partial charge on any atom is -0.489 e. The van der Waals surface area contributed by atoms with Gasteiger partial charge < -0.3 is 4.74 Å². The van der Waals surface area contributed by atoms with E-state index in [0.717, 1.165) is 16.9 Å². The number of aryl methyl sites for hydroxylation is 1. The number of carbonyl (C=O) groups excluding carboxylic acids is 1. The van der Waals surface area contributed by atoms with Gasteiger partial charge in [-0.25, -0.2) is 5.43 Å². The van der Waals surface area contributed by atoms with Gasteiger partial charge in [-0.2, -0.15) is 5.10 Å². The van der Waals surface area contributed by atoms with Crippen molar-refractivity contribution in [3.63, 3.8) is 0 Å². The van der Waals surface area contributed by atoms with Gasteiger partial charge in [0, 0.05) is 6.20 Å². The highest BCUT2D eigenvalue weighted by Gasteiger charge is 2.03. The standard InChI is InChI=1S/C21H19N3O2/c1-16-5-7-18(8-6-16)15-26-19-11-9-17(10-12-19)14-23-24-21(25)20-4-2-3-13-22-20/h2-14H,15H2,1H3,(H,24,25)/b23-14-. The molecule has 0 radical (unpaired) electrons. The molecule has 0 fully saturated rings. The first-order valence-electron chi connectivity index (χ1n) is 8.23. The second-order valence-electron chi connectivity index (χ2n) is 5.76. The molecule has 0 aliphatic rings. The summed E-state index contributed by atoms with van der Waals surface area (Å²) in [6.45, 7) is 2.58. The fourth-order valence-corrected chi connectivity index (χ4v) is 2.22. The first kappa shape index (κ1) is 17.4. The predicted octanol–water partition coefficient (Wildman–Crippen LogP) is 3.73. The molecule has 0 aliphatic heterocycles. The molecule has 5 nitrogen and oxygen atoms in total. The van der Waals surface area contributed by atoms with Crippen molar-refractivity contribution in [2.75, 3.05) is 0 Å². The van der Waals surface area contributed by atoms with Crippen LogP contribution in [0.25, 0.3) is 0 Å². The minimum absolute atomic E-state index is 0.324. The lowest BCUT2D eigenvalue weighted by Crippen LogP contribution is -2.18. The average molecular weight is 345 g/mol. The monoisotopic (exact) mass is 345 g/mol. The molecule has 3 aromatic rings. The Morgan fingerprint density at radius 1 is 1.08 bits per heavy atom. The highest BCUT2D eigenvalue weighted by Crippen LogP contribution is 2.14. The molecule has 5 heteroatoms. The second kappa shape index (κ2) is 8.58. The predicted molar refractivity (Wildman–Crippen MR) is 101 cm³/mol. The first-order chi connectivity index (χ1) is 12.7. The molecule has 1 N–H and O–H groups in total. The van der Waals surface area contributed by atoms with Crippen molar-refractivity contribution >= 4 is 12.1 Å². The smallest absolute Gasteiger partial charge is 0.289 e. The zero-order valence-corrected chi connectivity index (χ0v) is 14.4. The van der Waals surface area contributed by atoms with Crippen LogP contribution in [0.15, 0.2) is 78.0 Å². The Morgan fingerprint density at radius 3 is 2.54 bits per heavy atom. The summed E-state index contributed by atoms with van der Waals surface area (Å²) in [6, 6.07) is 20.9. The summed E-state index contributed by atoms with van der Waals surface area (Å²) in [7, 11) is 0. The number of benzene rings is 2. The number of hydrazone groups is 1. The van der Waals surface area contributed by atoms with Crippen LogP contribution >= 0.6 is 0 Å². The summed E-state index contributed by atoms with van der Waals surface area (Å²) in [5, 5.41) is 3.94. The van der Waals surface area contributed by atoms with Crippen LogP contribution < -0.4 is 10.2 Å². The minimum atomic E-state index is -0.347. The zero-order chi connectivity index (χ0) is 18.2. The van der Waals surface area contributed by atoms with Gasteiger partial charge in [0.2, 0.25) is 0 Å². The Balaban J connectivity index is 1.51. The van der Waals surface area contributed by atoms with Gasteiger partial charge in [-0.05, 0) is 54.4 Å². The number of hydrogen-bond acceptors (Lipinski definition) is 4. The number of hydrogen-bond donors (Lipinski definition) is 1. The van der Waals surface area contributed by atoms with Crippen LogP contribution in [0.2, 0.25) is 0 Å². The molecule has 1 aromatic heterocycles. The van der Waals surface area contributed by atoms with Crippen molar-refractivity contribution in [1.29, 1.82) is 0 Å². The number of ether oxygens (including phenoxy) is 1. The molecule has 0 saturated carbocycles. The van der Waals surface area contributed by atoms with Gasteiger partial charge in [0.15, 0.2) is 0 Å². The van der Waals surface area contributed by atoms with Crippen LogP contribution in [-0.2, 0) is 6.61 Å². The molecule has 1 amide bonds. The molecular formula is C21H19N3O2. The summed E-state index contributed by atoms with van der Waals surface area (Å²) in [5.74, 6) is 0.431. The number of aromatic nitrogens is 1. The van der Waals surface area contributed by atoms with Crippen molar-refractivity contribution in [2.24, 2.45) is 5.10 Å². The lowest BCUT2D eigenvalue weighted by atomic mass is 10.2. The topological polar surface area (TPSA) is 63.6 Å². The molecule has 3 rings (SSSR count). The fourth-order valence-electron chi connectivity index (χ4n) is 2.22. The van der Waals surface area contributed by atoms with Crippen LogP contribution in [0.4, 0.5) is 0 Å². The molecule has 2 aromatic carbocycles. The van der Waals surface area contributed by atoms with Gasteiger partial charge >= 0.3 is 0 Å². The van der Waals surface area contributed by atoms with Crippen LogP contribution in [-0.4, -0.2) is 17.1 Å². The molecule has 0 atom stereocenters. The molecule has 0 saturated heterocycles. The van der Waals surface area contributed by atoms with Gasteiger partial charge in [-0.3, -0.25) is 9.78 Å². The highest BCUT2D eigenvalue weighted by molar-refractivity contribution is 5.93. The van der Waals surface area contributed by atoms with Crippen LogP contribution in [0, 0.1) is 6.92 Å². The van der Waals surface area contributed by atoms with Gasteiger partial charge in [-0.15, -0.1) is 0 Å². The zero-order valence-electron chi connectivity index (χ0n) is 14.4. The van der Waals surface area contributed by atoms with E-state index in [1.165, 1.54) is 5.56 Å². The molecular weight excluding hydrogens is 326 g/mol. The van der Waals surface area contributed by atoms with Crippen molar-refractivity contribution < 1.29 is 9.53 Å². The first-order valence-corrected chi connectivity index (χ1v) is 8.23. The second-order valence-corrected chi connectivity index (χ2v) is 5.76. The number of amides is 1. The number of rotatable bonds is 6.